The van der Waals surface area contributed by atoms with E-state index < -0.39 is 17.8 Å². The van der Waals surface area contributed by atoms with Crippen LogP contribution in [0.4, 0.5) is 0 Å². The molecule has 2 aromatic heterocycles. The average Bonchev–Trinajstić information content (AvgIpc) is 3.49. The van der Waals surface area contributed by atoms with Crippen molar-refractivity contribution >= 4 is 40.9 Å². The molecule has 0 spiro atoms. The van der Waals surface area contributed by atoms with Crippen molar-refractivity contribution in [1.82, 2.24) is 14.9 Å². The van der Waals surface area contributed by atoms with Crippen molar-refractivity contribution in [3.05, 3.63) is 44.6 Å². The monoisotopic (exact) mass is 457 g/mol. The van der Waals surface area contributed by atoms with E-state index in [1.165, 1.54) is 18.4 Å². The SMILES string of the molecule is COC(=O)CN1C(=O)[C@@H]2[C@@H]3C[C@@H]([C@@H]2C1=O)[C@H]1[C@@H](c2cccnc2)c2sc(=O)[nH]c2S[C@H]31. The van der Waals surface area contributed by atoms with Crippen molar-refractivity contribution in [3.8, 4) is 0 Å². The fourth-order valence-electron chi connectivity index (χ4n) is 6.36. The smallest absolute Gasteiger partial charge is 0.325 e. The Morgan fingerprint density at radius 2 is 2.03 bits per heavy atom. The summed E-state index contributed by atoms with van der Waals surface area (Å²) in [5.74, 6) is -1.72. The molecular weight excluding hydrogens is 438 g/mol. The number of thioether (sulfide) groups is 1. The highest BCUT2D eigenvalue weighted by atomic mass is 32.2. The Balaban J connectivity index is 1.43. The molecule has 0 radical (unpaired) electrons. The van der Waals surface area contributed by atoms with Gasteiger partial charge in [0, 0.05) is 28.4 Å². The standard InChI is InChI=1S/C21H19N3O5S2/c1-29-11(25)7-24-19(26)14-9-5-10(15(14)20(24)27)16-13(9)12(8-3-2-4-22-6-8)17-18(30-16)23-21(28)31-17/h2-4,6,9-10,12-16H,5,7H2,1H3,(H,23,28)/t9-,10+,12-,13+,14+,15-,16-/m1/s1. The zero-order chi connectivity index (χ0) is 21.4. The van der Waals surface area contributed by atoms with Gasteiger partial charge in [0.2, 0.25) is 11.8 Å². The van der Waals surface area contributed by atoms with Gasteiger partial charge in [0.25, 0.3) is 0 Å². The van der Waals surface area contributed by atoms with E-state index in [0.717, 1.165) is 26.8 Å². The highest BCUT2D eigenvalue weighted by molar-refractivity contribution is 8.00. The minimum atomic E-state index is -0.589. The number of amides is 2. The number of esters is 1. The van der Waals surface area contributed by atoms with Gasteiger partial charge < -0.3 is 9.72 Å². The minimum Gasteiger partial charge on any atom is -0.468 e. The Hall–Kier alpha value is -2.46. The molecule has 3 fully saturated rings. The molecule has 1 saturated heterocycles. The molecule has 2 aromatic rings. The fourth-order valence-corrected chi connectivity index (χ4v) is 9.25. The Morgan fingerprint density at radius 3 is 2.74 bits per heavy atom. The van der Waals surface area contributed by atoms with Crippen LogP contribution in [0.3, 0.4) is 0 Å². The first kappa shape index (κ1) is 19.2. The van der Waals surface area contributed by atoms with Crippen LogP contribution in [0.15, 0.2) is 34.3 Å². The van der Waals surface area contributed by atoms with Gasteiger partial charge in [-0.15, -0.1) is 11.8 Å². The van der Waals surface area contributed by atoms with E-state index in [9.17, 15) is 19.2 Å². The molecule has 0 unspecified atom stereocenters. The largest absolute Gasteiger partial charge is 0.468 e. The topological polar surface area (TPSA) is 109 Å². The number of ether oxygens (including phenoxy) is 1. The number of carbonyl (C=O) groups excluding carboxylic acids is 3. The normalized spacial score (nSPS) is 35.1. The van der Waals surface area contributed by atoms with Gasteiger partial charge in [-0.25, -0.2) is 0 Å². The van der Waals surface area contributed by atoms with E-state index >= 15 is 0 Å². The van der Waals surface area contributed by atoms with Crippen LogP contribution in [0.1, 0.15) is 22.8 Å². The van der Waals surface area contributed by atoms with Crippen LogP contribution in [-0.4, -0.2) is 51.6 Å². The number of likely N-dealkylation sites (tertiary alicyclic amines) is 1. The van der Waals surface area contributed by atoms with Crippen LogP contribution in [0.5, 0.6) is 0 Å². The second-order valence-electron chi connectivity index (χ2n) is 8.59. The number of rotatable bonds is 3. The maximum atomic E-state index is 13.2. The third-order valence-corrected chi connectivity index (χ3v) is 9.96. The van der Waals surface area contributed by atoms with Crippen molar-refractivity contribution in [3.63, 3.8) is 0 Å². The summed E-state index contributed by atoms with van der Waals surface area (Å²) in [4.78, 5) is 59.6. The molecule has 4 heterocycles. The summed E-state index contributed by atoms with van der Waals surface area (Å²) in [6, 6.07) is 3.91. The number of hydrogen-bond acceptors (Lipinski definition) is 8. The highest BCUT2D eigenvalue weighted by Crippen LogP contribution is 2.68. The van der Waals surface area contributed by atoms with E-state index in [1.54, 1.807) is 18.0 Å². The second-order valence-corrected chi connectivity index (χ2v) is 10.8. The summed E-state index contributed by atoms with van der Waals surface area (Å²) in [7, 11) is 1.25. The minimum absolute atomic E-state index is 0.0298. The van der Waals surface area contributed by atoms with Crippen LogP contribution in [-0.2, 0) is 19.1 Å². The Morgan fingerprint density at radius 1 is 1.26 bits per heavy atom. The second kappa shape index (κ2) is 6.77. The summed E-state index contributed by atoms with van der Waals surface area (Å²) >= 11 is 2.87. The number of methoxy groups -OCH3 is 1. The lowest BCUT2D eigenvalue weighted by Gasteiger charge is -2.42. The third-order valence-electron chi connectivity index (χ3n) is 7.37. The van der Waals surface area contributed by atoms with Gasteiger partial charge in [-0.3, -0.25) is 29.1 Å². The number of aromatic nitrogens is 2. The van der Waals surface area contributed by atoms with Crippen LogP contribution in [0.25, 0.3) is 0 Å². The molecular formula is C21H19N3O5S2. The van der Waals surface area contributed by atoms with E-state index in [2.05, 4.69) is 14.7 Å². The lowest BCUT2D eigenvalue weighted by molar-refractivity contribution is -0.151. The summed E-state index contributed by atoms with van der Waals surface area (Å²) in [5.41, 5.74) is 1.03. The summed E-state index contributed by atoms with van der Waals surface area (Å²) in [6.07, 6.45) is 4.37. The molecule has 2 aliphatic carbocycles. The maximum absolute atomic E-state index is 13.2. The van der Waals surface area contributed by atoms with Crippen LogP contribution >= 0.6 is 23.1 Å². The quantitative estimate of drug-likeness (QED) is 0.549. The fraction of sp³-hybridized carbons (Fsp3) is 0.476. The summed E-state index contributed by atoms with van der Waals surface area (Å²) in [6.45, 7) is -0.324. The van der Waals surface area contributed by atoms with E-state index in [4.69, 9.17) is 0 Å². The van der Waals surface area contributed by atoms with Crippen LogP contribution in [0.2, 0.25) is 0 Å². The van der Waals surface area contributed by atoms with Crippen molar-refractivity contribution in [1.29, 1.82) is 0 Å². The molecule has 4 aliphatic rings. The molecule has 160 valence electrons. The zero-order valence-electron chi connectivity index (χ0n) is 16.5. The van der Waals surface area contributed by atoms with Crippen molar-refractivity contribution in [2.75, 3.05) is 13.7 Å². The molecule has 2 bridgehead atoms. The molecule has 8 nitrogen and oxygen atoms in total. The van der Waals surface area contributed by atoms with Gasteiger partial charge in [-0.05, 0) is 35.8 Å². The molecule has 10 heteroatoms. The van der Waals surface area contributed by atoms with Crippen LogP contribution < -0.4 is 4.87 Å². The van der Waals surface area contributed by atoms with Gasteiger partial charge in [0.15, 0.2) is 0 Å². The van der Waals surface area contributed by atoms with Crippen molar-refractivity contribution in [2.24, 2.45) is 29.6 Å². The first-order chi connectivity index (χ1) is 15.0. The first-order valence-electron chi connectivity index (χ1n) is 10.2. The highest BCUT2D eigenvalue weighted by Gasteiger charge is 2.69. The van der Waals surface area contributed by atoms with Gasteiger partial charge >= 0.3 is 10.8 Å². The van der Waals surface area contributed by atoms with E-state index in [-0.39, 0.29) is 52.2 Å². The zero-order valence-corrected chi connectivity index (χ0v) is 18.2. The number of H-pyrrole nitrogens is 1. The lowest BCUT2D eigenvalue weighted by atomic mass is 9.68. The molecule has 31 heavy (non-hydrogen) atoms. The number of hydrogen-bond donors (Lipinski definition) is 1. The first-order valence-corrected chi connectivity index (χ1v) is 11.9. The van der Waals surface area contributed by atoms with Gasteiger partial charge in [-0.2, -0.15) is 0 Å². The molecule has 2 aliphatic heterocycles. The number of pyridine rings is 1. The number of nitrogens with zero attached hydrogens (tertiary/aromatic N) is 2. The molecule has 1 N–H and O–H groups in total. The van der Waals surface area contributed by atoms with Crippen molar-refractivity contribution in [2.45, 2.75) is 22.6 Å². The predicted molar refractivity (Wildman–Crippen MR) is 111 cm³/mol. The molecule has 7 atom stereocenters. The predicted octanol–water partition coefficient (Wildman–Crippen LogP) is 1.48. The van der Waals surface area contributed by atoms with E-state index in [0.29, 0.717) is 0 Å². The maximum Gasteiger partial charge on any atom is 0.325 e. The van der Waals surface area contributed by atoms with Gasteiger partial charge in [-0.1, -0.05) is 17.4 Å². The Labute approximate surface area is 185 Å². The molecule has 6 rings (SSSR count). The van der Waals surface area contributed by atoms with E-state index in [1.807, 2.05) is 18.3 Å². The number of imide groups is 1. The Bertz CT molecular complexity index is 1160. The average molecular weight is 458 g/mol. The lowest BCUT2D eigenvalue weighted by Crippen LogP contribution is -2.42. The molecule has 0 aromatic carbocycles. The van der Waals surface area contributed by atoms with Gasteiger partial charge in [0.1, 0.15) is 6.54 Å². The number of carbonyl (C=O) groups is 3. The van der Waals surface area contributed by atoms with Crippen LogP contribution in [0, 0.1) is 29.6 Å². The number of nitrogens with one attached hydrogen (secondary N) is 1. The third kappa shape index (κ3) is 2.57. The molecule has 2 amide bonds. The van der Waals surface area contributed by atoms with Crippen molar-refractivity contribution < 1.29 is 19.1 Å². The number of fused-ring (bicyclic) bond motifs is 9. The summed E-state index contributed by atoms with van der Waals surface area (Å²) in [5, 5.41) is 1.00. The van der Waals surface area contributed by atoms with Gasteiger partial charge in [0.05, 0.1) is 24.0 Å². The Kier molecular flexibility index (Phi) is 4.20. The summed E-state index contributed by atoms with van der Waals surface area (Å²) < 4.78 is 4.68. The molecule has 2 saturated carbocycles. The number of aromatic amines is 1. The number of thiazole rings is 1.